The first-order valence-electron chi connectivity index (χ1n) is 6.43. The van der Waals surface area contributed by atoms with Gasteiger partial charge < -0.3 is 10.6 Å². The van der Waals surface area contributed by atoms with Crippen molar-refractivity contribution in [3.8, 4) is 0 Å². The van der Waals surface area contributed by atoms with Crippen LogP contribution in [-0.4, -0.2) is 19.6 Å². The van der Waals surface area contributed by atoms with E-state index in [4.69, 9.17) is 17.3 Å². The third-order valence-corrected chi connectivity index (χ3v) is 4.08. The summed E-state index contributed by atoms with van der Waals surface area (Å²) >= 11 is 6.28. The van der Waals surface area contributed by atoms with Gasteiger partial charge in [0.15, 0.2) is 0 Å². The van der Waals surface area contributed by atoms with Crippen LogP contribution in [0.5, 0.6) is 0 Å². The summed E-state index contributed by atoms with van der Waals surface area (Å²) in [6.07, 6.45) is 6.17. The van der Waals surface area contributed by atoms with Crippen LogP contribution in [0, 0.1) is 0 Å². The van der Waals surface area contributed by atoms with E-state index in [9.17, 15) is 0 Å². The van der Waals surface area contributed by atoms with Gasteiger partial charge in [-0.05, 0) is 43.5 Å². The van der Waals surface area contributed by atoms with E-state index in [2.05, 4.69) is 30.1 Å². The molecule has 0 atom stereocenters. The average molecular weight is 253 g/mol. The summed E-state index contributed by atoms with van der Waals surface area (Å²) in [4.78, 5) is 2.37. The quantitative estimate of drug-likeness (QED) is 0.892. The molecule has 0 unspecified atom stereocenters. The van der Waals surface area contributed by atoms with Gasteiger partial charge in [-0.2, -0.15) is 0 Å². The molecule has 0 spiro atoms. The standard InChI is InChI=1S/C14H21ClN2/c1-17(12-4-2-3-5-12)13-7-6-11(8-9-16)14(15)10-13/h6-7,10,12H,2-5,8-9,16H2,1H3. The van der Waals surface area contributed by atoms with Crippen LogP contribution < -0.4 is 10.6 Å². The first-order chi connectivity index (χ1) is 8.22. The Hall–Kier alpha value is -0.730. The van der Waals surface area contributed by atoms with Gasteiger partial charge in [0.2, 0.25) is 0 Å². The second-order valence-electron chi connectivity index (χ2n) is 4.86. The first-order valence-corrected chi connectivity index (χ1v) is 6.81. The highest BCUT2D eigenvalue weighted by Gasteiger charge is 2.20. The summed E-state index contributed by atoms with van der Waals surface area (Å²) in [6.45, 7) is 0.650. The molecule has 0 saturated heterocycles. The van der Waals surface area contributed by atoms with Crippen LogP contribution in [-0.2, 0) is 6.42 Å². The molecule has 1 fully saturated rings. The Balaban J connectivity index is 2.12. The van der Waals surface area contributed by atoms with Gasteiger partial charge in [-0.3, -0.25) is 0 Å². The molecule has 17 heavy (non-hydrogen) atoms. The minimum atomic E-state index is 0.650. The molecular formula is C14H21ClN2. The summed E-state index contributed by atoms with van der Waals surface area (Å²) in [5, 5.41) is 0.845. The molecule has 2 rings (SSSR count). The lowest BCUT2D eigenvalue weighted by atomic mass is 10.1. The Morgan fingerprint density at radius 2 is 2.06 bits per heavy atom. The van der Waals surface area contributed by atoms with Gasteiger partial charge in [-0.1, -0.05) is 30.5 Å². The van der Waals surface area contributed by atoms with Crippen LogP contribution in [0.4, 0.5) is 5.69 Å². The van der Waals surface area contributed by atoms with Crippen molar-refractivity contribution in [2.24, 2.45) is 5.73 Å². The Bertz CT molecular complexity index is 372. The maximum atomic E-state index is 6.28. The van der Waals surface area contributed by atoms with E-state index in [-0.39, 0.29) is 0 Å². The molecule has 0 aliphatic heterocycles. The van der Waals surface area contributed by atoms with Crippen molar-refractivity contribution in [2.45, 2.75) is 38.1 Å². The molecule has 2 N–H and O–H groups in total. The highest BCUT2D eigenvalue weighted by molar-refractivity contribution is 6.31. The van der Waals surface area contributed by atoms with E-state index in [1.165, 1.54) is 31.4 Å². The maximum Gasteiger partial charge on any atom is 0.0459 e. The fourth-order valence-electron chi connectivity index (χ4n) is 2.62. The molecular weight excluding hydrogens is 232 g/mol. The lowest BCUT2D eigenvalue weighted by Crippen LogP contribution is -2.28. The van der Waals surface area contributed by atoms with E-state index in [0.717, 1.165) is 17.0 Å². The molecule has 3 heteroatoms. The second-order valence-corrected chi connectivity index (χ2v) is 5.27. The topological polar surface area (TPSA) is 29.3 Å². The second kappa shape index (κ2) is 5.74. The number of hydrogen-bond donors (Lipinski definition) is 1. The van der Waals surface area contributed by atoms with Crippen molar-refractivity contribution in [3.05, 3.63) is 28.8 Å². The largest absolute Gasteiger partial charge is 0.372 e. The van der Waals surface area contributed by atoms with E-state index in [1.54, 1.807) is 0 Å². The van der Waals surface area contributed by atoms with Crippen LogP contribution in [0.25, 0.3) is 0 Å². The van der Waals surface area contributed by atoms with E-state index < -0.39 is 0 Å². The van der Waals surface area contributed by atoms with E-state index >= 15 is 0 Å². The SMILES string of the molecule is CN(c1ccc(CCN)c(Cl)c1)C1CCCC1. The molecule has 0 amide bonds. The Kier molecular flexibility index (Phi) is 4.30. The van der Waals surface area contributed by atoms with Gasteiger partial charge in [-0.15, -0.1) is 0 Å². The van der Waals surface area contributed by atoms with Crippen molar-refractivity contribution in [2.75, 3.05) is 18.5 Å². The lowest BCUT2D eigenvalue weighted by Gasteiger charge is -2.27. The van der Waals surface area contributed by atoms with Crippen molar-refractivity contribution in [1.82, 2.24) is 0 Å². The van der Waals surface area contributed by atoms with Crippen molar-refractivity contribution < 1.29 is 0 Å². The fourth-order valence-corrected chi connectivity index (χ4v) is 2.89. The van der Waals surface area contributed by atoms with Crippen LogP contribution in [0.1, 0.15) is 31.2 Å². The molecule has 0 heterocycles. The summed E-state index contributed by atoms with van der Waals surface area (Å²) < 4.78 is 0. The molecule has 0 bridgehead atoms. The van der Waals surface area contributed by atoms with Crippen LogP contribution >= 0.6 is 11.6 Å². The van der Waals surface area contributed by atoms with Crippen molar-refractivity contribution in [3.63, 3.8) is 0 Å². The third kappa shape index (κ3) is 2.93. The molecule has 1 saturated carbocycles. The van der Waals surface area contributed by atoms with Crippen molar-refractivity contribution >= 4 is 17.3 Å². The van der Waals surface area contributed by atoms with Gasteiger partial charge in [0, 0.05) is 23.8 Å². The number of benzene rings is 1. The zero-order valence-corrected chi connectivity index (χ0v) is 11.2. The zero-order chi connectivity index (χ0) is 12.3. The Morgan fingerprint density at radius 1 is 1.35 bits per heavy atom. The van der Waals surface area contributed by atoms with Gasteiger partial charge in [-0.25, -0.2) is 0 Å². The van der Waals surface area contributed by atoms with Crippen LogP contribution in [0.15, 0.2) is 18.2 Å². The molecule has 2 nitrogen and oxygen atoms in total. The van der Waals surface area contributed by atoms with E-state index in [0.29, 0.717) is 12.6 Å². The smallest absolute Gasteiger partial charge is 0.0459 e. The highest BCUT2D eigenvalue weighted by atomic mass is 35.5. The minimum absolute atomic E-state index is 0.650. The highest BCUT2D eigenvalue weighted by Crippen LogP contribution is 2.29. The van der Waals surface area contributed by atoms with E-state index in [1.807, 2.05) is 0 Å². The minimum Gasteiger partial charge on any atom is -0.372 e. The maximum absolute atomic E-state index is 6.28. The molecule has 1 aromatic rings. The average Bonchev–Trinajstić information content (AvgIpc) is 2.84. The molecule has 1 aliphatic rings. The predicted molar refractivity (Wildman–Crippen MR) is 74.9 cm³/mol. The first kappa shape index (κ1) is 12.7. The van der Waals surface area contributed by atoms with Gasteiger partial charge in [0.25, 0.3) is 0 Å². The van der Waals surface area contributed by atoms with Crippen molar-refractivity contribution in [1.29, 1.82) is 0 Å². The number of nitrogens with two attached hydrogens (primary N) is 1. The Labute approximate surface area is 109 Å². The molecule has 0 radical (unpaired) electrons. The zero-order valence-electron chi connectivity index (χ0n) is 10.5. The number of halogens is 1. The summed E-state index contributed by atoms with van der Waals surface area (Å²) in [7, 11) is 2.17. The van der Waals surface area contributed by atoms with Crippen LogP contribution in [0.2, 0.25) is 5.02 Å². The molecule has 1 aliphatic carbocycles. The Morgan fingerprint density at radius 3 is 2.65 bits per heavy atom. The van der Waals surface area contributed by atoms with Gasteiger partial charge >= 0.3 is 0 Å². The number of nitrogens with zero attached hydrogens (tertiary/aromatic N) is 1. The number of anilines is 1. The summed E-state index contributed by atoms with van der Waals surface area (Å²) in [5.41, 5.74) is 7.93. The third-order valence-electron chi connectivity index (χ3n) is 3.73. The monoisotopic (exact) mass is 252 g/mol. The normalized spacial score (nSPS) is 16.4. The molecule has 1 aromatic carbocycles. The lowest BCUT2D eigenvalue weighted by molar-refractivity contribution is 0.653. The molecule has 94 valence electrons. The summed E-state index contributed by atoms with van der Waals surface area (Å²) in [6, 6.07) is 7.03. The summed E-state index contributed by atoms with van der Waals surface area (Å²) in [5.74, 6) is 0. The van der Waals surface area contributed by atoms with Gasteiger partial charge in [0.05, 0.1) is 0 Å². The predicted octanol–water partition coefficient (Wildman–Crippen LogP) is 3.22. The number of hydrogen-bond acceptors (Lipinski definition) is 2. The van der Waals surface area contributed by atoms with Crippen LogP contribution in [0.3, 0.4) is 0 Å². The van der Waals surface area contributed by atoms with Gasteiger partial charge in [0.1, 0.15) is 0 Å². The fraction of sp³-hybridized carbons (Fsp3) is 0.571. The number of rotatable bonds is 4. The molecule has 0 aromatic heterocycles.